The topological polar surface area (TPSA) is 9.23 Å². The average molecular weight is 224 g/mol. The Kier molecular flexibility index (Phi) is 3.63. The van der Waals surface area contributed by atoms with E-state index in [2.05, 4.69) is 6.07 Å². The largest absolute Gasteiger partial charge is 0.491 e. The molecule has 0 fully saturated rings. The lowest BCUT2D eigenvalue weighted by molar-refractivity contribution is -0.139. The lowest BCUT2D eigenvalue weighted by Gasteiger charge is -2.08. The van der Waals surface area contributed by atoms with Crippen molar-refractivity contribution in [1.29, 1.82) is 0 Å². The fraction of sp³-hybridized carbons (Fsp3) is 0.333. The molecular weight excluding hydrogens is 217 g/mol. The first-order valence-corrected chi connectivity index (χ1v) is 4.22. The molecule has 0 heterocycles. The molecule has 0 N–H and O–H groups in total. The maximum absolute atomic E-state index is 11.7. The molecule has 0 atom stereocenters. The van der Waals surface area contributed by atoms with Crippen molar-refractivity contribution in [3.05, 3.63) is 29.3 Å². The number of hydrogen-bond acceptors (Lipinski definition) is 1. The third-order valence-electron chi connectivity index (χ3n) is 1.40. The van der Waals surface area contributed by atoms with Gasteiger partial charge in [-0.25, -0.2) is 0 Å². The van der Waals surface area contributed by atoms with Gasteiger partial charge in [0.15, 0.2) is 0 Å². The first-order valence-electron chi connectivity index (χ1n) is 3.85. The van der Waals surface area contributed by atoms with E-state index in [1.165, 1.54) is 12.1 Å². The van der Waals surface area contributed by atoms with Crippen molar-refractivity contribution in [2.75, 3.05) is 6.61 Å². The van der Waals surface area contributed by atoms with Gasteiger partial charge in [0.2, 0.25) is 0 Å². The summed E-state index contributed by atoms with van der Waals surface area (Å²) in [5.41, 5.74) is 0. The maximum atomic E-state index is 11.7. The quantitative estimate of drug-likeness (QED) is 0.762. The SMILES string of the molecule is FC(F)(F)CCOc1[c]cccc1Cl. The van der Waals surface area contributed by atoms with Crippen LogP contribution < -0.4 is 4.74 Å². The molecule has 0 aromatic heterocycles. The number of hydrogen-bond donors (Lipinski definition) is 0. The van der Waals surface area contributed by atoms with Crippen LogP contribution in [0.5, 0.6) is 5.75 Å². The molecule has 1 radical (unpaired) electrons. The van der Waals surface area contributed by atoms with E-state index in [4.69, 9.17) is 16.3 Å². The summed E-state index contributed by atoms with van der Waals surface area (Å²) in [6.45, 7) is -0.441. The molecule has 1 aromatic rings. The molecule has 1 rings (SSSR count). The van der Waals surface area contributed by atoms with Gasteiger partial charge in [0.05, 0.1) is 18.1 Å². The van der Waals surface area contributed by atoms with E-state index in [0.29, 0.717) is 0 Å². The van der Waals surface area contributed by atoms with Gasteiger partial charge in [0.1, 0.15) is 5.75 Å². The second-order valence-corrected chi connectivity index (χ2v) is 2.97. The summed E-state index contributed by atoms with van der Waals surface area (Å²) in [5, 5.41) is 0.259. The van der Waals surface area contributed by atoms with Crippen LogP contribution in [0.3, 0.4) is 0 Å². The van der Waals surface area contributed by atoms with Crippen LogP contribution in [-0.2, 0) is 0 Å². The molecule has 0 saturated carbocycles. The van der Waals surface area contributed by atoms with Gasteiger partial charge < -0.3 is 4.74 Å². The van der Waals surface area contributed by atoms with Crippen LogP contribution in [0.1, 0.15) is 6.42 Å². The van der Waals surface area contributed by atoms with E-state index in [1.54, 1.807) is 6.07 Å². The Bertz CT molecular complexity index is 298. The lowest BCUT2D eigenvalue weighted by Crippen LogP contribution is -2.13. The van der Waals surface area contributed by atoms with Crippen molar-refractivity contribution >= 4 is 11.6 Å². The van der Waals surface area contributed by atoms with Gasteiger partial charge in [-0.15, -0.1) is 0 Å². The van der Waals surface area contributed by atoms with Crippen molar-refractivity contribution in [2.24, 2.45) is 0 Å². The third-order valence-corrected chi connectivity index (χ3v) is 1.70. The smallest absolute Gasteiger partial charge is 0.392 e. The van der Waals surface area contributed by atoms with Crippen molar-refractivity contribution in [3.8, 4) is 5.75 Å². The molecule has 1 aromatic carbocycles. The molecule has 0 aliphatic heterocycles. The third kappa shape index (κ3) is 3.87. The highest BCUT2D eigenvalue weighted by Crippen LogP contribution is 2.24. The van der Waals surface area contributed by atoms with Gasteiger partial charge in [0.25, 0.3) is 0 Å². The Morgan fingerprint density at radius 2 is 2.14 bits per heavy atom. The summed E-state index contributed by atoms with van der Waals surface area (Å²) >= 11 is 5.64. The molecular formula is C9H7ClF3O. The second kappa shape index (κ2) is 4.55. The van der Waals surface area contributed by atoms with Gasteiger partial charge in [-0.05, 0) is 6.07 Å². The van der Waals surface area contributed by atoms with Crippen LogP contribution in [0.25, 0.3) is 0 Å². The van der Waals surface area contributed by atoms with Crippen LogP contribution in [0, 0.1) is 6.07 Å². The molecule has 0 bridgehead atoms. The Morgan fingerprint density at radius 1 is 1.43 bits per heavy atom. The van der Waals surface area contributed by atoms with E-state index in [1.807, 2.05) is 0 Å². The Morgan fingerprint density at radius 3 is 2.71 bits per heavy atom. The van der Waals surface area contributed by atoms with E-state index >= 15 is 0 Å². The monoisotopic (exact) mass is 223 g/mol. The number of alkyl halides is 3. The van der Waals surface area contributed by atoms with E-state index in [-0.39, 0.29) is 10.8 Å². The summed E-state index contributed by atoms with van der Waals surface area (Å²) < 4.78 is 40.0. The number of halogens is 4. The molecule has 0 unspecified atom stereocenters. The molecule has 14 heavy (non-hydrogen) atoms. The Labute approximate surface area is 84.4 Å². The highest BCUT2D eigenvalue weighted by molar-refractivity contribution is 6.31. The lowest BCUT2D eigenvalue weighted by atomic mass is 10.3. The van der Waals surface area contributed by atoms with Crippen LogP contribution in [0.2, 0.25) is 5.02 Å². The van der Waals surface area contributed by atoms with Gasteiger partial charge in [-0.3, -0.25) is 0 Å². The average Bonchev–Trinajstić information content (AvgIpc) is 2.06. The summed E-state index contributed by atoms with van der Waals surface area (Å²) in [7, 11) is 0. The minimum absolute atomic E-state index is 0.151. The Hall–Kier alpha value is -0.900. The molecule has 77 valence electrons. The van der Waals surface area contributed by atoms with Crippen molar-refractivity contribution in [1.82, 2.24) is 0 Å². The Balaban J connectivity index is 2.43. The number of ether oxygens (including phenoxy) is 1. The molecule has 0 aliphatic rings. The fourth-order valence-electron chi connectivity index (χ4n) is 0.780. The van der Waals surface area contributed by atoms with Crippen LogP contribution in [0.15, 0.2) is 18.2 Å². The summed E-state index contributed by atoms with van der Waals surface area (Å²) in [6, 6.07) is 7.28. The number of rotatable bonds is 3. The number of para-hydroxylation sites is 1. The predicted molar refractivity (Wildman–Crippen MR) is 46.5 cm³/mol. The predicted octanol–water partition coefficient (Wildman–Crippen LogP) is 3.47. The summed E-state index contributed by atoms with van der Waals surface area (Å²) in [5.74, 6) is 0.151. The second-order valence-electron chi connectivity index (χ2n) is 2.56. The minimum Gasteiger partial charge on any atom is -0.491 e. The van der Waals surface area contributed by atoms with E-state index in [9.17, 15) is 13.2 Å². The molecule has 0 aliphatic carbocycles. The summed E-state index contributed by atoms with van der Waals surface area (Å²) in [4.78, 5) is 0. The zero-order chi connectivity index (χ0) is 10.6. The van der Waals surface area contributed by atoms with Gasteiger partial charge >= 0.3 is 6.18 Å². The molecule has 0 spiro atoms. The van der Waals surface area contributed by atoms with Crippen LogP contribution in [-0.4, -0.2) is 12.8 Å². The van der Waals surface area contributed by atoms with Gasteiger partial charge in [-0.1, -0.05) is 23.7 Å². The van der Waals surface area contributed by atoms with E-state index in [0.717, 1.165) is 0 Å². The van der Waals surface area contributed by atoms with Crippen molar-refractivity contribution in [2.45, 2.75) is 12.6 Å². The minimum atomic E-state index is -4.21. The van der Waals surface area contributed by atoms with Crippen LogP contribution in [0.4, 0.5) is 13.2 Å². The van der Waals surface area contributed by atoms with Crippen LogP contribution >= 0.6 is 11.6 Å². The molecule has 0 saturated heterocycles. The van der Waals surface area contributed by atoms with Crippen molar-refractivity contribution in [3.63, 3.8) is 0 Å². The summed E-state index contributed by atoms with van der Waals surface area (Å²) in [6.07, 6.45) is -5.20. The first kappa shape index (κ1) is 11.2. The molecule has 0 amide bonds. The zero-order valence-corrected chi connectivity index (χ0v) is 7.82. The zero-order valence-electron chi connectivity index (χ0n) is 7.07. The number of benzene rings is 1. The normalized spacial score (nSPS) is 11.4. The first-order chi connectivity index (χ1) is 6.49. The maximum Gasteiger partial charge on any atom is 0.392 e. The highest BCUT2D eigenvalue weighted by Gasteiger charge is 2.26. The standard InChI is InChI=1S/C9H7ClF3O/c10-7-3-1-2-4-8(7)14-6-5-9(11,12)13/h1-3H,5-6H2. The molecule has 5 heteroatoms. The highest BCUT2D eigenvalue weighted by atomic mass is 35.5. The van der Waals surface area contributed by atoms with Crippen molar-refractivity contribution < 1.29 is 17.9 Å². The van der Waals surface area contributed by atoms with Gasteiger partial charge in [-0.2, -0.15) is 13.2 Å². The van der Waals surface area contributed by atoms with E-state index < -0.39 is 19.2 Å². The fourth-order valence-corrected chi connectivity index (χ4v) is 0.962. The molecule has 1 nitrogen and oxygen atoms in total. The van der Waals surface area contributed by atoms with Gasteiger partial charge in [0, 0.05) is 6.07 Å².